The number of ether oxygens (including phenoxy) is 4. The van der Waals surface area contributed by atoms with Crippen molar-refractivity contribution in [3.63, 3.8) is 0 Å². The molecule has 2 rings (SSSR count). The zero-order chi connectivity index (χ0) is 17.5. The summed E-state index contributed by atoms with van der Waals surface area (Å²) < 4.78 is 20.4. The van der Waals surface area contributed by atoms with Gasteiger partial charge < -0.3 is 24.3 Å². The maximum atomic E-state index is 12.4. The van der Waals surface area contributed by atoms with Crippen molar-refractivity contribution in [1.29, 1.82) is 0 Å². The van der Waals surface area contributed by atoms with Crippen LogP contribution in [0, 0.1) is 0 Å². The van der Waals surface area contributed by atoms with Gasteiger partial charge in [0.05, 0.1) is 39.8 Å². The third-order valence-corrected chi connectivity index (χ3v) is 3.68. The van der Waals surface area contributed by atoms with Gasteiger partial charge in [0.1, 0.15) is 0 Å². The average molecular weight is 335 g/mol. The van der Waals surface area contributed by atoms with Crippen LogP contribution in [0.2, 0.25) is 0 Å². The number of carbonyl (C=O) groups is 2. The van der Waals surface area contributed by atoms with E-state index in [1.54, 1.807) is 18.2 Å². The van der Waals surface area contributed by atoms with Crippen molar-refractivity contribution in [3.8, 4) is 11.5 Å². The summed E-state index contributed by atoms with van der Waals surface area (Å²) in [5.74, 6) is 0.0470. The Hall–Kier alpha value is -2.70. The van der Waals surface area contributed by atoms with Gasteiger partial charge in [-0.05, 0) is 30.5 Å². The van der Waals surface area contributed by atoms with E-state index in [9.17, 15) is 9.59 Å². The highest BCUT2D eigenvalue weighted by Gasteiger charge is 2.26. The molecule has 0 unspecified atom stereocenters. The number of esters is 1. The molecule has 0 aliphatic carbocycles. The number of benzene rings is 1. The lowest BCUT2D eigenvalue weighted by Gasteiger charge is -2.20. The summed E-state index contributed by atoms with van der Waals surface area (Å²) in [5.41, 5.74) is 1.03. The predicted molar refractivity (Wildman–Crippen MR) is 85.7 cm³/mol. The third-order valence-electron chi connectivity index (χ3n) is 3.68. The van der Waals surface area contributed by atoms with Crippen LogP contribution in [0.25, 0.3) is 0 Å². The maximum absolute atomic E-state index is 12.4. The highest BCUT2D eigenvalue weighted by Crippen LogP contribution is 2.30. The van der Waals surface area contributed by atoms with E-state index in [2.05, 4.69) is 5.32 Å². The Kier molecular flexibility index (Phi) is 6.06. The second kappa shape index (κ2) is 8.24. The molecule has 0 fully saturated rings. The minimum atomic E-state index is -0.954. The second-order valence-electron chi connectivity index (χ2n) is 5.16. The fraction of sp³-hybridized carbons (Fsp3) is 0.412. The molecule has 1 N–H and O–H groups in total. The molecule has 0 saturated carbocycles. The van der Waals surface area contributed by atoms with Crippen LogP contribution in [0.4, 0.5) is 0 Å². The Morgan fingerprint density at radius 3 is 2.50 bits per heavy atom. The second-order valence-corrected chi connectivity index (χ2v) is 5.16. The Bertz CT molecular complexity index is 640. The number of methoxy groups -OCH3 is 3. The van der Waals surface area contributed by atoms with Gasteiger partial charge in [0.2, 0.25) is 0 Å². The van der Waals surface area contributed by atoms with Gasteiger partial charge in [0.15, 0.2) is 17.5 Å². The van der Waals surface area contributed by atoms with Crippen LogP contribution < -0.4 is 14.8 Å². The van der Waals surface area contributed by atoms with Gasteiger partial charge in [-0.25, -0.2) is 4.79 Å². The van der Waals surface area contributed by atoms with Gasteiger partial charge in [0, 0.05) is 0 Å². The molecule has 0 spiro atoms. The molecule has 0 radical (unpaired) electrons. The SMILES string of the molecule is COC(=O)[C@@H](NC(=O)C1=COCCC1)c1ccc(OC)c(OC)c1. The number of nitrogens with one attached hydrogen (secondary N) is 1. The van der Waals surface area contributed by atoms with Crippen LogP contribution >= 0.6 is 0 Å². The molecule has 1 aliphatic rings. The van der Waals surface area contributed by atoms with Crippen molar-refractivity contribution in [3.05, 3.63) is 35.6 Å². The standard InChI is InChI=1S/C17H21NO6/c1-21-13-7-6-11(9-14(13)22-2)15(17(20)23-3)18-16(19)12-5-4-8-24-10-12/h6-7,9-10,15H,4-5,8H2,1-3H3,(H,18,19)/t15-/m0/s1. The van der Waals surface area contributed by atoms with Crippen LogP contribution in [-0.2, 0) is 19.1 Å². The molecular weight excluding hydrogens is 314 g/mol. The minimum absolute atomic E-state index is 0.361. The third kappa shape index (κ3) is 3.98. The average Bonchev–Trinajstić information content (AvgIpc) is 2.65. The quantitative estimate of drug-likeness (QED) is 0.797. The van der Waals surface area contributed by atoms with Gasteiger partial charge in [0.25, 0.3) is 5.91 Å². The summed E-state index contributed by atoms with van der Waals surface area (Å²) >= 11 is 0. The van der Waals surface area contributed by atoms with Gasteiger partial charge in [-0.3, -0.25) is 4.79 Å². The Labute approximate surface area is 140 Å². The van der Waals surface area contributed by atoms with Crippen molar-refractivity contribution < 1.29 is 28.5 Å². The van der Waals surface area contributed by atoms with Gasteiger partial charge >= 0.3 is 5.97 Å². The summed E-state index contributed by atoms with van der Waals surface area (Å²) in [6, 6.07) is 4.02. The van der Waals surface area contributed by atoms with Crippen molar-refractivity contribution in [2.75, 3.05) is 27.9 Å². The first-order valence-electron chi connectivity index (χ1n) is 7.52. The maximum Gasteiger partial charge on any atom is 0.333 e. The summed E-state index contributed by atoms with van der Waals surface area (Å²) in [7, 11) is 4.29. The zero-order valence-corrected chi connectivity index (χ0v) is 14.0. The van der Waals surface area contributed by atoms with E-state index in [0.717, 1.165) is 6.42 Å². The molecule has 1 heterocycles. The van der Waals surface area contributed by atoms with Crippen LogP contribution in [0.5, 0.6) is 11.5 Å². The molecule has 1 aliphatic heterocycles. The zero-order valence-electron chi connectivity index (χ0n) is 14.0. The Morgan fingerprint density at radius 1 is 1.17 bits per heavy atom. The smallest absolute Gasteiger partial charge is 0.333 e. The van der Waals surface area contributed by atoms with Crippen molar-refractivity contribution in [2.24, 2.45) is 0 Å². The lowest BCUT2D eigenvalue weighted by Crippen LogP contribution is -2.35. The van der Waals surface area contributed by atoms with E-state index in [0.29, 0.717) is 35.7 Å². The fourth-order valence-corrected chi connectivity index (χ4v) is 2.38. The number of amides is 1. The number of carbonyl (C=O) groups excluding carboxylic acids is 2. The first kappa shape index (κ1) is 17.7. The molecule has 1 aromatic carbocycles. The summed E-state index contributed by atoms with van der Waals surface area (Å²) in [6.07, 6.45) is 2.80. The molecular formula is C17H21NO6. The van der Waals surface area contributed by atoms with E-state index >= 15 is 0 Å². The van der Waals surface area contributed by atoms with Crippen LogP contribution in [-0.4, -0.2) is 39.8 Å². The normalized spacial score (nSPS) is 14.7. The number of hydrogen-bond acceptors (Lipinski definition) is 6. The molecule has 1 aromatic rings. The van der Waals surface area contributed by atoms with Gasteiger partial charge in [-0.15, -0.1) is 0 Å². The topological polar surface area (TPSA) is 83.1 Å². The first-order chi connectivity index (χ1) is 11.6. The highest BCUT2D eigenvalue weighted by molar-refractivity contribution is 5.96. The van der Waals surface area contributed by atoms with Gasteiger partial charge in [-0.1, -0.05) is 6.07 Å². The lowest BCUT2D eigenvalue weighted by atomic mass is 10.0. The van der Waals surface area contributed by atoms with Crippen molar-refractivity contribution in [1.82, 2.24) is 5.32 Å². The van der Waals surface area contributed by atoms with Gasteiger partial charge in [-0.2, -0.15) is 0 Å². The number of hydrogen-bond donors (Lipinski definition) is 1. The predicted octanol–water partition coefficient (Wildman–Crippen LogP) is 1.73. The molecule has 0 bridgehead atoms. The number of rotatable bonds is 6. The van der Waals surface area contributed by atoms with Crippen molar-refractivity contribution >= 4 is 11.9 Å². The fourth-order valence-electron chi connectivity index (χ4n) is 2.38. The van der Waals surface area contributed by atoms with Crippen LogP contribution in [0.15, 0.2) is 30.0 Å². The van der Waals surface area contributed by atoms with Crippen LogP contribution in [0.3, 0.4) is 0 Å². The summed E-state index contributed by atoms with van der Waals surface area (Å²) in [5, 5.41) is 2.68. The monoisotopic (exact) mass is 335 g/mol. The van der Waals surface area contributed by atoms with Crippen molar-refractivity contribution in [2.45, 2.75) is 18.9 Å². The molecule has 7 nitrogen and oxygen atoms in total. The Balaban J connectivity index is 2.27. The Morgan fingerprint density at radius 2 is 1.92 bits per heavy atom. The molecule has 24 heavy (non-hydrogen) atoms. The minimum Gasteiger partial charge on any atom is -0.501 e. The largest absolute Gasteiger partial charge is 0.501 e. The molecule has 130 valence electrons. The summed E-state index contributed by atoms with van der Waals surface area (Å²) in [4.78, 5) is 24.5. The molecule has 1 atom stereocenters. The molecule has 7 heteroatoms. The molecule has 0 aromatic heterocycles. The molecule has 0 saturated heterocycles. The van der Waals surface area contributed by atoms with E-state index in [4.69, 9.17) is 18.9 Å². The first-order valence-corrected chi connectivity index (χ1v) is 7.52. The molecule has 1 amide bonds. The van der Waals surface area contributed by atoms with E-state index in [1.807, 2.05) is 0 Å². The lowest BCUT2D eigenvalue weighted by molar-refractivity contribution is -0.145. The summed E-state index contributed by atoms with van der Waals surface area (Å²) in [6.45, 7) is 0.590. The van der Waals surface area contributed by atoms with E-state index in [1.165, 1.54) is 27.6 Å². The van der Waals surface area contributed by atoms with E-state index in [-0.39, 0.29) is 5.91 Å². The van der Waals surface area contributed by atoms with E-state index < -0.39 is 12.0 Å². The van der Waals surface area contributed by atoms with Crippen LogP contribution in [0.1, 0.15) is 24.4 Å². The highest BCUT2D eigenvalue weighted by atomic mass is 16.5.